The molecular weight excluding hydrogens is 374 g/mol. The maximum Gasteiger partial charge on any atom is 0.117 e. The van der Waals surface area contributed by atoms with Gasteiger partial charge in [-0.3, -0.25) is 9.98 Å². The van der Waals surface area contributed by atoms with Crippen molar-refractivity contribution in [1.82, 2.24) is 24.5 Å². The molecule has 7 heteroatoms. The quantitative estimate of drug-likeness (QED) is 0.374. The van der Waals surface area contributed by atoms with E-state index < -0.39 is 0 Å². The Bertz CT molecular complexity index is 1280. The molecule has 0 saturated heterocycles. The van der Waals surface area contributed by atoms with E-state index in [0.29, 0.717) is 12.8 Å². The Morgan fingerprint density at radius 2 is 1.97 bits per heavy atom. The number of hydrogen-bond donors (Lipinski definition) is 1. The Morgan fingerprint density at radius 3 is 2.77 bits per heavy atom. The van der Waals surface area contributed by atoms with Crippen molar-refractivity contribution >= 4 is 12.1 Å². The van der Waals surface area contributed by atoms with E-state index in [1.807, 2.05) is 29.2 Å². The predicted molar refractivity (Wildman–Crippen MR) is 116 cm³/mol. The van der Waals surface area contributed by atoms with Gasteiger partial charge in [-0.2, -0.15) is 0 Å². The normalized spacial score (nSPS) is 12.3. The molecule has 1 aliphatic rings. The third kappa shape index (κ3) is 3.14. The monoisotopic (exact) mass is 395 g/mol. The number of hydrogen-bond acceptors (Lipinski definition) is 4. The summed E-state index contributed by atoms with van der Waals surface area (Å²) in [5.41, 5.74) is 8.12. The maximum atomic E-state index is 7.62. The maximum absolute atomic E-state index is 7.62. The van der Waals surface area contributed by atoms with E-state index in [4.69, 9.17) is 5.41 Å². The minimum Gasteiger partial charge on any atom is -0.300 e. The van der Waals surface area contributed by atoms with Crippen molar-refractivity contribution in [2.45, 2.75) is 26.7 Å². The van der Waals surface area contributed by atoms with Gasteiger partial charge < -0.3 is 0 Å². The molecule has 0 unspecified atom stereocenters. The van der Waals surface area contributed by atoms with E-state index in [1.165, 1.54) is 5.56 Å². The number of nitrogens with one attached hydrogen (secondary N) is 1. The fourth-order valence-corrected chi connectivity index (χ4v) is 3.83. The molecule has 2 aromatic heterocycles. The summed E-state index contributed by atoms with van der Waals surface area (Å²) in [7, 11) is 0. The molecule has 3 heterocycles. The number of nitrogens with zero attached hydrogens (tertiary/aromatic N) is 6. The average molecular weight is 395 g/mol. The van der Waals surface area contributed by atoms with Gasteiger partial charge >= 0.3 is 0 Å². The summed E-state index contributed by atoms with van der Waals surface area (Å²) >= 11 is 0. The Balaban J connectivity index is 1.69. The van der Waals surface area contributed by atoms with Crippen LogP contribution in [0.3, 0.4) is 0 Å². The molecule has 0 spiro atoms. The van der Waals surface area contributed by atoms with Crippen LogP contribution in [0.5, 0.6) is 0 Å². The van der Waals surface area contributed by atoms with E-state index in [-0.39, 0.29) is 5.84 Å². The average Bonchev–Trinajstić information content (AvgIpc) is 3.28. The van der Waals surface area contributed by atoms with Crippen molar-refractivity contribution in [2.24, 2.45) is 4.99 Å². The Kier molecular flexibility index (Phi) is 4.35. The van der Waals surface area contributed by atoms with Crippen LogP contribution >= 0.6 is 0 Å². The van der Waals surface area contributed by atoms with Crippen LogP contribution in [0.4, 0.5) is 0 Å². The first-order valence-electron chi connectivity index (χ1n) is 9.84. The summed E-state index contributed by atoms with van der Waals surface area (Å²) in [6.07, 6.45) is 4.83. The molecule has 2 aromatic carbocycles. The molecule has 1 N–H and O–H groups in total. The second-order valence-corrected chi connectivity index (χ2v) is 7.52. The molecule has 0 radical (unpaired) electrons. The van der Waals surface area contributed by atoms with E-state index in [2.05, 4.69) is 62.1 Å². The fourth-order valence-electron chi connectivity index (χ4n) is 3.83. The van der Waals surface area contributed by atoms with Crippen LogP contribution < -0.4 is 0 Å². The number of aliphatic imine (C=N–C) groups is 1. The standard InChI is InChI=1S/C23H21N7/c1-15-8-9-20-23(10-15)30-22(18(27-28-30)11-17-6-4-3-5-7-17)12-21-19(13-25-16(2)24)26-14-29(20)21/h3-10,13-14,24H,11-12H2,1-2H3. The second-order valence-electron chi connectivity index (χ2n) is 7.52. The second kappa shape index (κ2) is 7.18. The van der Waals surface area contributed by atoms with Gasteiger partial charge in [-0.05, 0) is 37.1 Å². The van der Waals surface area contributed by atoms with Gasteiger partial charge in [0.25, 0.3) is 0 Å². The molecule has 1 aliphatic heterocycles. The van der Waals surface area contributed by atoms with Crippen LogP contribution in [0, 0.1) is 12.3 Å². The van der Waals surface area contributed by atoms with Gasteiger partial charge in [-0.15, -0.1) is 5.10 Å². The molecule has 0 bridgehead atoms. The first-order chi connectivity index (χ1) is 14.6. The molecule has 0 aliphatic carbocycles. The molecular formula is C23H21N7. The molecule has 0 atom stereocenters. The molecule has 0 amide bonds. The van der Waals surface area contributed by atoms with Crippen LogP contribution in [-0.4, -0.2) is 36.6 Å². The number of benzene rings is 2. The highest BCUT2D eigenvalue weighted by Gasteiger charge is 2.25. The lowest BCUT2D eigenvalue weighted by atomic mass is 10.1. The van der Waals surface area contributed by atoms with Gasteiger partial charge in [-0.25, -0.2) is 14.7 Å². The highest BCUT2D eigenvalue weighted by Crippen LogP contribution is 2.30. The lowest BCUT2D eigenvalue weighted by molar-refractivity contribution is 0.776. The predicted octanol–water partition coefficient (Wildman–Crippen LogP) is 3.67. The Hall–Kier alpha value is -3.87. The topological polar surface area (TPSA) is 84.7 Å². The van der Waals surface area contributed by atoms with Crippen LogP contribution in [0.1, 0.15) is 40.8 Å². The van der Waals surface area contributed by atoms with Crippen molar-refractivity contribution in [3.8, 4) is 11.4 Å². The fraction of sp³-hybridized carbons (Fsp3) is 0.174. The van der Waals surface area contributed by atoms with Gasteiger partial charge in [0, 0.05) is 12.8 Å². The highest BCUT2D eigenvalue weighted by atomic mass is 15.4. The largest absolute Gasteiger partial charge is 0.300 e. The first-order valence-corrected chi connectivity index (χ1v) is 9.84. The molecule has 30 heavy (non-hydrogen) atoms. The molecule has 5 rings (SSSR count). The minimum absolute atomic E-state index is 0.248. The van der Waals surface area contributed by atoms with Crippen LogP contribution in [0.2, 0.25) is 0 Å². The zero-order valence-corrected chi connectivity index (χ0v) is 16.9. The van der Waals surface area contributed by atoms with Crippen LogP contribution in [0.25, 0.3) is 11.4 Å². The zero-order valence-electron chi connectivity index (χ0n) is 16.9. The van der Waals surface area contributed by atoms with Crippen molar-refractivity contribution < 1.29 is 0 Å². The highest BCUT2D eigenvalue weighted by molar-refractivity contribution is 5.91. The number of aromatic nitrogens is 5. The minimum atomic E-state index is 0.248. The lowest BCUT2D eigenvalue weighted by Gasteiger charge is -2.10. The van der Waals surface area contributed by atoms with Gasteiger partial charge in [0.05, 0.1) is 34.7 Å². The van der Waals surface area contributed by atoms with Crippen LogP contribution in [0.15, 0.2) is 59.9 Å². The van der Waals surface area contributed by atoms with Crippen molar-refractivity contribution in [1.29, 1.82) is 5.41 Å². The van der Waals surface area contributed by atoms with Gasteiger partial charge in [0.15, 0.2) is 0 Å². The number of amidine groups is 1. The Morgan fingerprint density at radius 1 is 1.13 bits per heavy atom. The smallest absolute Gasteiger partial charge is 0.117 e. The number of aryl methyl sites for hydroxylation is 1. The molecule has 0 saturated carbocycles. The third-order valence-electron chi connectivity index (χ3n) is 5.29. The molecule has 4 aromatic rings. The Labute approximate surface area is 174 Å². The summed E-state index contributed by atoms with van der Waals surface area (Å²) in [5.74, 6) is 0.248. The first kappa shape index (κ1) is 18.2. The molecule has 7 nitrogen and oxygen atoms in total. The summed E-state index contributed by atoms with van der Waals surface area (Å²) in [4.78, 5) is 8.72. The van der Waals surface area contributed by atoms with E-state index in [0.717, 1.165) is 39.7 Å². The summed E-state index contributed by atoms with van der Waals surface area (Å²) in [5, 5.41) is 16.7. The van der Waals surface area contributed by atoms with E-state index >= 15 is 0 Å². The van der Waals surface area contributed by atoms with Gasteiger partial charge in [-0.1, -0.05) is 41.6 Å². The van der Waals surface area contributed by atoms with Crippen LogP contribution in [-0.2, 0) is 12.8 Å². The number of rotatable bonds is 3. The SMILES string of the molecule is CC(=N)N=Cc1ncn2c1Cc1c(Cc3ccccc3)nnn1-c1cc(C)ccc1-2. The summed E-state index contributed by atoms with van der Waals surface area (Å²) in [6.45, 7) is 3.73. The van der Waals surface area contributed by atoms with Gasteiger partial charge in [0.2, 0.25) is 0 Å². The zero-order chi connectivity index (χ0) is 20.7. The third-order valence-corrected chi connectivity index (χ3v) is 5.29. The summed E-state index contributed by atoms with van der Waals surface area (Å²) < 4.78 is 4.05. The van der Waals surface area contributed by atoms with Gasteiger partial charge in [0.1, 0.15) is 17.9 Å². The van der Waals surface area contributed by atoms with Crippen molar-refractivity contribution in [3.05, 3.63) is 88.8 Å². The van der Waals surface area contributed by atoms with Crippen molar-refractivity contribution in [2.75, 3.05) is 0 Å². The van der Waals surface area contributed by atoms with Crippen molar-refractivity contribution in [3.63, 3.8) is 0 Å². The number of imidazole rings is 1. The summed E-state index contributed by atoms with van der Waals surface area (Å²) in [6, 6.07) is 16.6. The lowest BCUT2D eigenvalue weighted by Crippen LogP contribution is -2.05. The van der Waals surface area contributed by atoms with E-state index in [9.17, 15) is 0 Å². The van der Waals surface area contributed by atoms with E-state index in [1.54, 1.807) is 13.1 Å². The number of fused-ring (bicyclic) bond motifs is 5. The molecule has 0 fully saturated rings. The molecule has 148 valence electrons.